The zero-order chi connectivity index (χ0) is 15.0. The molecular weight excluding hydrogens is 278 g/mol. The molecule has 0 spiro atoms. The van der Waals surface area contributed by atoms with Gasteiger partial charge in [0, 0.05) is 11.9 Å². The number of aliphatic hydroxyl groups is 1. The standard InChI is InChI=1S/C13H13N3O3S/c14-7-12(8-15)9-16-13-3-1-11(2-4-13)10-20(18,19)6-5-17/h1-4,9,16-17H,5-6,10H2. The lowest BCUT2D eigenvalue weighted by Crippen LogP contribution is -2.12. The van der Waals surface area contributed by atoms with Gasteiger partial charge in [-0.2, -0.15) is 10.5 Å². The van der Waals surface area contributed by atoms with Crippen LogP contribution in [0.3, 0.4) is 0 Å². The van der Waals surface area contributed by atoms with Crippen molar-refractivity contribution in [3.63, 3.8) is 0 Å². The molecule has 0 saturated carbocycles. The van der Waals surface area contributed by atoms with Gasteiger partial charge in [0.05, 0.1) is 18.1 Å². The van der Waals surface area contributed by atoms with E-state index in [4.69, 9.17) is 15.6 Å². The number of hydrogen-bond acceptors (Lipinski definition) is 6. The van der Waals surface area contributed by atoms with Crippen LogP contribution in [0.4, 0.5) is 5.69 Å². The van der Waals surface area contributed by atoms with Crippen molar-refractivity contribution in [3.05, 3.63) is 41.6 Å². The minimum Gasteiger partial charge on any atom is -0.395 e. The van der Waals surface area contributed by atoms with Gasteiger partial charge >= 0.3 is 0 Å². The molecule has 20 heavy (non-hydrogen) atoms. The minimum atomic E-state index is -3.30. The second-order valence-electron chi connectivity index (χ2n) is 3.94. The lowest BCUT2D eigenvalue weighted by atomic mass is 10.2. The predicted molar refractivity (Wildman–Crippen MR) is 74.0 cm³/mol. The molecule has 0 unspecified atom stereocenters. The van der Waals surface area contributed by atoms with E-state index in [1.165, 1.54) is 6.20 Å². The molecule has 2 N–H and O–H groups in total. The molecule has 0 atom stereocenters. The Morgan fingerprint density at radius 1 is 1.25 bits per heavy atom. The molecular formula is C13H13N3O3S. The fraction of sp³-hybridized carbons (Fsp3) is 0.231. The first-order valence-corrected chi connectivity index (χ1v) is 7.50. The number of rotatable bonds is 6. The molecule has 0 radical (unpaired) electrons. The number of anilines is 1. The molecule has 0 amide bonds. The van der Waals surface area contributed by atoms with Crippen LogP contribution >= 0.6 is 0 Å². The van der Waals surface area contributed by atoms with Crippen LogP contribution in [-0.2, 0) is 15.6 Å². The Hall–Kier alpha value is -2.35. The van der Waals surface area contributed by atoms with Crippen LogP contribution in [0.2, 0.25) is 0 Å². The van der Waals surface area contributed by atoms with Crippen molar-refractivity contribution in [2.75, 3.05) is 17.7 Å². The molecule has 0 aromatic heterocycles. The number of nitrogens with zero attached hydrogens (tertiary/aromatic N) is 2. The number of benzene rings is 1. The maximum atomic E-state index is 11.5. The van der Waals surface area contributed by atoms with Crippen molar-refractivity contribution in [2.24, 2.45) is 0 Å². The highest BCUT2D eigenvalue weighted by Gasteiger charge is 2.10. The summed E-state index contributed by atoms with van der Waals surface area (Å²) in [6, 6.07) is 9.97. The van der Waals surface area contributed by atoms with Gasteiger partial charge < -0.3 is 10.4 Å². The third-order valence-electron chi connectivity index (χ3n) is 2.37. The van der Waals surface area contributed by atoms with Crippen molar-refractivity contribution in [3.8, 4) is 12.1 Å². The van der Waals surface area contributed by atoms with Crippen LogP contribution in [0.1, 0.15) is 5.56 Å². The minimum absolute atomic E-state index is 0.0559. The molecule has 1 aromatic rings. The number of aliphatic hydroxyl groups excluding tert-OH is 1. The lowest BCUT2D eigenvalue weighted by Gasteiger charge is -2.05. The molecule has 7 heteroatoms. The number of allylic oxidation sites excluding steroid dienone is 1. The molecule has 0 heterocycles. The Morgan fingerprint density at radius 2 is 1.85 bits per heavy atom. The van der Waals surface area contributed by atoms with Crippen LogP contribution in [0.25, 0.3) is 0 Å². The lowest BCUT2D eigenvalue weighted by molar-refractivity contribution is 0.319. The van der Waals surface area contributed by atoms with Crippen LogP contribution in [0.5, 0.6) is 0 Å². The summed E-state index contributed by atoms with van der Waals surface area (Å²) in [6.45, 7) is -0.391. The molecule has 1 aromatic carbocycles. The maximum absolute atomic E-state index is 11.5. The second kappa shape index (κ2) is 7.29. The molecule has 104 valence electrons. The zero-order valence-electron chi connectivity index (χ0n) is 10.6. The quantitative estimate of drug-likeness (QED) is 0.754. The number of nitrogens with one attached hydrogen (secondary N) is 1. The molecule has 0 aliphatic rings. The zero-order valence-corrected chi connectivity index (χ0v) is 11.4. The summed E-state index contributed by atoms with van der Waals surface area (Å²) in [6.07, 6.45) is 1.28. The first-order chi connectivity index (χ1) is 9.50. The van der Waals surface area contributed by atoms with Gasteiger partial charge in [-0.1, -0.05) is 12.1 Å². The summed E-state index contributed by atoms with van der Waals surface area (Å²) in [5, 5.41) is 28.5. The van der Waals surface area contributed by atoms with E-state index in [9.17, 15) is 8.42 Å². The normalized spacial score (nSPS) is 10.2. The third kappa shape index (κ3) is 5.11. The third-order valence-corrected chi connectivity index (χ3v) is 3.94. The van der Waals surface area contributed by atoms with Gasteiger partial charge in [0.15, 0.2) is 9.84 Å². The number of sulfone groups is 1. The van der Waals surface area contributed by atoms with Gasteiger partial charge in [-0.25, -0.2) is 8.42 Å². The van der Waals surface area contributed by atoms with Crippen molar-refractivity contribution in [1.82, 2.24) is 0 Å². The summed E-state index contributed by atoms with van der Waals surface area (Å²) in [5.41, 5.74) is 1.18. The van der Waals surface area contributed by atoms with E-state index < -0.39 is 16.4 Å². The van der Waals surface area contributed by atoms with E-state index in [0.717, 1.165) is 0 Å². The van der Waals surface area contributed by atoms with Gasteiger partial charge in [0.25, 0.3) is 0 Å². The van der Waals surface area contributed by atoms with Gasteiger partial charge in [-0.05, 0) is 17.7 Å². The topological polar surface area (TPSA) is 114 Å². The van der Waals surface area contributed by atoms with E-state index in [-0.39, 0.29) is 17.1 Å². The van der Waals surface area contributed by atoms with E-state index in [0.29, 0.717) is 11.3 Å². The van der Waals surface area contributed by atoms with Crippen molar-refractivity contribution < 1.29 is 13.5 Å². The van der Waals surface area contributed by atoms with Gasteiger partial charge in [0.1, 0.15) is 17.7 Å². The van der Waals surface area contributed by atoms with Crippen molar-refractivity contribution >= 4 is 15.5 Å². The monoisotopic (exact) mass is 291 g/mol. The molecule has 0 bridgehead atoms. The van der Waals surface area contributed by atoms with Gasteiger partial charge in [0.2, 0.25) is 0 Å². The molecule has 0 aliphatic heterocycles. The second-order valence-corrected chi connectivity index (χ2v) is 6.12. The number of hydrogen-bond donors (Lipinski definition) is 2. The highest BCUT2D eigenvalue weighted by molar-refractivity contribution is 7.90. The Balaban J connectivity index is 2.74. The van der Waals surface area contributed by atoms with Crippen LogP contribution in [0.15, 0.2) is 36.0 Å². The highest BCUT2D eigenvalue weighted by atomic mass is 32.2. The Labute approximate surface area is 117 Å². The first kappa shape index (κ1) is 15.7. The summed E-state index contributed by atoms with van der Waals surface area (Å²) in [4.78, 5) is 0. The summed E-state index contributed by atoms with van der Waals surface area (Å²) < 4.78 is 23.0. The van der Waals surface area contributed by atoms with Crippen LogP contribution < -0.4 is 5.32 Å². The molecule has 0 saturated heterocycles. The fourth-order valence-corrected chi connectivity index (χ4v) is 2.53. The first-order valence-electron chi connectivity index (χ1n) is 5.68. The van der Waals surface area contributed by atoms with Crippen molar-refractivity contribution in [2.45, 2.75) is 5.75 Å². The smallest absolute Gasteiger partial charge is 0.156 e. The summed E-state index contributed by atoms with van der Waals surface area (Å²) in [7, 11) is -3.30. The summed E-state index contributed by atoms with van der Waals surface area (Å²) in [5.74, 6) is -0.394. The molecule has 1 rings (SSSR count). The number of nitriles is 2. The fourth-order valence-electron chi connectivity index (χ4n) is 1.41. The predicted octanol–water partition coefficient (Wildman–Crippen LogP) is 0.937. The Morgan fingerprint density at radius 3 is 2.35 bits per heavy atom. The van der Waals surface area contributed by atoms with E-state index >= 15 is 0 Å². The van der Waals surface area contributed by atoms with Gasteiger partial charge in [-0.15, -0.1) is 0 Å². The summed E-state index contributed by atoms with van der Waals surface area (Å²) >= 11 is 0. The SMILES string of the molecule is N#CC(C#N)=CNc1ccc(CS(=O)(=O)CCO)cc1. The van der Waals surface area contributed by atoms with E-state index in [1.54, 1.807) is 36.4 Å². The van der Waals surface area contributed by atoms with Crippen molar-refractivity contribution in [1.29, 1.82) is 10.5 Å². The average Bonchev–Trinajstić information content (AvgIpc) is 2.41. The maximum Gasteiger partial charge on any atom is 0.156 e. The van der Waals surface area contributed by atoms with Gasteiger partial charge in [-0.3, -0.25) is 0 Å². The van der Waals surface area contributed by atoms with Crippen LogP contribution in [-0.4, -0.2) is 25.9 Å². The van der Waals surface area contributed by atoms with E-state index in [2.05, 4.69) is 5.32 Å². The molecule has 6 nitrogen and oxygen atoms in total. The Kier molecular flexibility index (Phi) is 5.73. The Bertz CT molecular complexity index is 648. The van der Waals surface area contributed by atoms with E-state index in [1.807, 2.05) is 0 Å². The molecule has 0 fully saturated rings. The van der Waals surface area contributed by atoms with Crippen LogP contribution in [0, 0.1) is 22.7 Å². The average molecular weight is 291 g/mol. The highest BCUT2D eigenvalue weighted by Crippen LogP contribution is 2.12. The largest absolute Gasteiger partial charge is 0.395 e. The molecule has 0 aliphatic carbocycles.